The summed E-state index contributed by atoms with van der Waals surface area (Å²) in [6.07, 6.45) is 7.28. The zero-order chi connectivity index (χ0) is 22.5. The molecule has 5 rings (SSSR count). The Kier molecular flexibility index (Phi) is 5.26. The molecule has 5 nitrogen and oxygen atoms in total. The number of imidazole rings is 1. The number of hydrogen-bond donors (Lipinski definition) is 1. The van der Waals surface area contributed by atoms with E-state index in [4.69, 9.17) is 9.31 Å². The fraction of sp³-hybridized carbons (Fsp3) is 0.462. The number of aldehydes is 1. The van der Waals surface area contributed by atoms with E-state index in [0.29, 0.717) is 0 Å². The summed E-state index contributed by atoms with van der Waals surface area (Å²) in [5.41, 5.74) is 2.42. The summed E-state index contributed by atoms with van der Waals surface area (Å²) in [5.74, 6) is 1.22. The lowest BCUT2D eigenvalue weighted by molar-refractivity contribution is -0.112. The Balaban J connectivity index is 1.40. The van der Waals surface area contributed by atoms with Crippen LogP contribution in [-0.4, -0.2) is 34.6 Å². The number of carbonyl (C=O) groups excluding carboxylic acids is 1. The largest absolute Gasteiger partial charge is 0.494 e. The van der Waals surface area contributed by atoms with Crippen molar-refractivity contribution in [3.8, 4) is 11.3 Å². The monoisotopic (exact) mass is 430 g/mol. The van der Waals surface area contributed by atoms with E-state index < -0.39 is 0 Å². The topological polar surface area (TPSA) is 64.2 Å². The van der Waals surface area contributed by atoms with Crippen molar-refractivity contribution in [1.29, 1.82) is 0 Å². The van der Waals surface area contributed by atoms with Crippen LogP contribution in [0.5, 0.6) is 0 Å². The van der Waals surface area contributed by atoms with E-state index in [9.17, 15) is 4.79 Å². The minimum atomic E-state index is -0.361. The summed E-state index contributed by atoms with van der Waals surface area (Å²) in [6.45, 7) is 8.29. The molecule has 2 aromatic carbocycles. The zero-order valence-corrected chi connectivity index (χ0v) is 19.4. The van der Waals surface area contributed by atoms with E-state index >= 15 is 0 Å². The quantitative estimate of drug-likeness (QED) is 0.467. The summed E-state index contributed by atoms with van der Waals surface area (Å²) in [7, 11) is -0.361. The molecule has 1 saturated heterocycles. The van der Waals surface area contributed by atoms with Crippen LogP contribution in [0.25, 0.3) is 22.0 Å². The molecule has 166 valence electrons. The van der Waals surface area contributed by atoms with Crippen LogP contribution in [0.2, 0.25) is 0 Å². The molecule has 0 radical (unpaired) electrons. The first-order chi connectivity index (χ1) is 15.3. The van der Waals surface area contributed by atoms with Crippen molar-refractivity contribution < 1.29 is 14.1 Å². The first-order valence-electron chi connectivity index (χ1n) is 11.7. The van der Waals surface area contributed by atoms with Crippen LogP contribution in [0.15, 0.2) is 42.6 Å². The number of hydrogen-bond acceptors (Lipinski definition) is 4. The van der Waals surface area contributed by atoms with Crippen molar-refractivity contribution in [3.05, 3.63) is 48.4 Å². The maximum absolute atomic E-state index is 11.5. The highest BCUT2D eigenvalue weighted by Gasteiger charge is 2.51. The molecule has 0 amide bonds. The highest BCUT2D eigenvalue weighted by atomic mass is 16.7. The summed E-state index contributed by atoms with van der Waals surface area (Å²) in [6, 6.07) is 12.8. The highest BCUT2D eigenvalue weighted by molar-refractivity contribution is 6.62. The molecule has 6 heteroatoms. The Hall–Kier alpha value is -2.44. The Bertz CT molecular complexity index is 1140. The fourth-order valence-electron chi connectivity index (χ4n) is 4.89. The van der Waals surface area contributed by atoms with Gasteiger partial charge in [-0.3, -0.25) is 0 Å². The molecule has 32 heavy (non-hydrogen) atoms. The Morgan fingerprint density at radius 3 is 2.44 bits per heavy atom. The third-order valence-corrected chi connectivity index (χ3v) is 7.64. The molecule has 2 atom stereocenters. The van der Waals surface area contributed by atoms with E-state index in [2.05, 4.69) is 74.1 Å². The molecule has 2 fully saturated rings. The lowest BCUT2D eigenvalue weighted by Gasteiger charge is -2.32. The van der Waals surface area contributed by atoms with Gasteiger partial charge in [0.25, 0.3) is 0 Å². The lowest BCUT2D eigenvalue weighted by Crippen LogP contribution is -2.41. The van der Waals surface area contributed by atoms with E-state index in [0.717, 1.165) is 65.3 Å². The molecule has 1 aliphatic carbocycles. The maximum Gasteiger partial charge on any atom is 0.494 e. The van der Waals surface area contributed by atoms with Gasteiger partial charge in [-0.25, -0.2) is 4.98 Å². The third kappa shape index (κ3) is 3.69. The predicted octanol–water partition coefficient (Wildman–Crippen LogP) is 5.00. The van der Waals surface area contributed by atoms with Crippen LogP contribution in [0.4, 0.5) is 0 Å². The van der Waals surface area contributed by atoms with Gasteiger partial charge in [0.1, 0.15) is 12.1 Å². The van der Waals surface area contributed by atoms with Gasteiger partial charge in [0.15, 0.2) is 0 Å². The Labute approximate surface area is 190 Å². The first kappa shape index (κ1) is 21.4. The lowest BCUT2D eigenvalue weighted by atomic mass is 9.78. The molecule has 0 spiro atoms. The van der Waals surface area contributed by atoms with Crippen molar-refractivity contribution in [1.82, 2.24) is 9.97 Å². The van der Waals surface area contributed by atoms with Gasteiger partial charge in [-0.05, 0) is 62.8 Å². The molecule has 1 saturated carbocycles. The molecule has 3 aromatic rings. The van der Waals surface area contributed by atoms with Crippen LogP contribution < -0.4 is 5.46 Å². The normalized spacial score (nSPS) is 24.7. The number of H-pyrrole nitrogens is 1. The number of nitrogens with zero attached hydrogens (tertiary/aromatic N) is 1. The SMILES string of the molecule is CC1(C)OB(c2ccc3cc(-c4cnc(C5CCCCC5C=O)[nH]4)ccc3c2)OC1(C)C. The second-order valence-electron chi connectivity index (χ2n) is 10.3. The van der Waals surface area contributed by atoms with Crippen LogP contribution in [0.1, 0.15) is 65.1 Å². The van der Waals surface area contributed by atoms with E-state index in [-0.39, 0.29) is 30.2 Å². The van der Waals surface area contributed by atoms with Crippen LogP contribution in [0.3, 0.4) is 0 Å². The zero-order valence-electron chi connectivity index (χ0n) is 19.4. The van der Waals surface area contributed by atoms with Gasteiger partial charge in [-0.2, -0.15) is 0 Å². The van der Waals surface area contributed by atoms with Gasteiger partial charge in [0, 0.05) is 17.4 Å². The molecule has 2 heterocycles. The van der Waals surface area contributed by atoms with E-state index in [1.54, 1.807) is 0 Å². The van der Waals surface area contributed by atoms with Gasteiger partial charge < -0.3 is 19.1 Å². The van der Waals surface area contributed by atoms with Gasteiger partial charge in [0.05, 0.1) is 23.1 Å². The molecule has 1 aromatic heterocycles. The molecular formula is C26H31BN2O3. The molecule has 0 bridgehead atoms. The fourth-order valence-corrected chi connectivity index (χ4v) is 4.89. The van der Waals surface area contributed by atoms with E-state index in [1.807, 2.05) is 6.20 Å². The van der Waals surface area contributed by atoms with Gasteiger partial charge in [0.2, 0.25) is 0 Å². The summed E-state index contributed by atoms with van der Waals surface area (Å²) in [4.78, 5) is 19.6. The van der Waals surface area contributed by atoms with Crippen molar-refractivity contribution in [2.75, 3.05) is 0 Å². The molecule has 2 aliphatic rings. The number of carbonyl (C=O) groups is 1. The molecular weight excluding hydrogens is 399 g/mol. The van der Waals surface area contributed by atoms with Crippen LogP contribution in [-0.2, 0) is 14.1 Å². The van der Waals surface area contributed by atoms with Crippen LogP contribution in [0, 0.1) is 5.92 Å². The summed E-state index contributed by atoms with van der Waals surface area (Å²) < 4.78 is 12.4. The average Bonchev–Trinajstić information content (AvgIpc) is 3.35. The first-order valence-corrected chi connectivity index (χ1v) is 11.7. The van der Waals surface area contributed by atoms with Crippen molar-refractivity contribution >= 4 is 29.6 Å². The predicted molar refractivity (Wildman–Crippen MR) is 128 cm³/mol. The van der Waals surface area contributed by atoms with Gasteiger partial charge >= 0.3 is 7.12 Å². The molecule has 2 unspecified atom stereocenters. The maximum atomic E-state index is 11.5. The molecule has 1 aliphatic heterocycles. The standard InChI is InChI=1S/C26H31BN2O3/c1-25(2)26(3,4)32-27(31-25)21-12-11-17-13-19(10-9-18(17)14-21)23-15-28-24(29-23)22-8-6-5-7-20(22)16-30/h9-16,20,22H,5-8H2,1-4H3,(H,28,29). The third-order valence-electron chi connectivity index (χ3n) is 7.64. The molecule has 1 N–H and O–H groups in total. The number of aromatic amines is 1. The highest BCUT2D eigenvalue weighted by Crippen LogP contribution is 2.37. The number of benzene rings is 2. The summed E-state index contributed by atoms with van der Waals surface area (Å²) >= 11 is 0. The van der Waals surface area contributed by atoms with Crippen molar-refractivity contribution in [2.45, 2.75) is 70.5 Å². The van der Waals surface area contributed by atoms with Gasteiger partial charge in [-0.15, -0.1) is 0 Å². The number of fused-ring (bicyclic) bond motifs is 1. The minimum absolute atomic E-state index is 0.0766. The van der Waals surface area contributed by atoms with Crippen molar-refractivity contribution in [3.63, 3.8) is 0 Å². The summed E-state index contributed by atoms with van der Waals surface area (Å²) in [5, 5.41) is 2.30. The minimum Gasteiger partial charge on any atom is -0.399 e. The Morgan fingerprint density at radius 1 is 1.00 bits per heavy atom. The Morgan fingerprint density at radius 2 is 1.69 bits per heavy atom. The number of aromatic nitrogens is 2. The second-order valence-corrected chi connectivity index (χ2v) is 10.3. The number of nitrogens with one attached hydrogen (secondary N) is 1. The van der Waals surface area contributed by atoms with Crippen LogP contribution >= 0.6 is 0 Å². The van der Waals surface area contributed by atoms with Gasteiger partial charge in [-0.1, -0.05) is 43.2 Å². The van der Waals surface area contributed by atoms with E-state index in [1.165, 1.54) is 0 Å². The smallest absolute Gasteiger partial charge is 0.399 e. The number of rotatable bonds is 4. The second kappa shape index (κ2) is 7.86. The van der Waals surface area contributed by atoms with Crippen molar-refractivity contribution in [2.24, 2.45) is 5.92 Å². The average molecular weight is 430 g/mol.